The summed E-state index contributed by atoms with van der Waals surface area (Å²) in [5.41, 5.74) is 6.03. The summed E-state index contributed by atoms with van der Waals surface area (Å²) < 4.78 is 32.7. The fourth-order valence-corrected chi connectivity index (χ4v) is 6.36. The van der Waals surface area contributed by atoms with Crippen LogP contribution in [0.1, 0.15) is 73.5 Å². The van der Waals surface area contributed by atoms with Gasteiger partial charge in [-0.15, -0.1) is 0 Å². The summed E-state index contributed by atoms with van der Waals surface area (Å²) in [4.78, 5) is 12.4. The number of rotatable bonds is 6. The molecule has 8 nitrogen and oxygen atoms in total. The molecule has 1 aliphatic heterocycles. The van der Waals surface area contributed by atoms with E-state index in [0.29, 0.717) is 62.8 Å². The quantitative estimate of drug-likeness (QED) is 0.735. The Morgan fingerprint density at radius 2 is 1.82 bits per heavy atom. The SMILES string of the molecule is NCC1CCC(S(=O)(=O)N2CCC(NC(=O)c3cc(C4CC4)on3)CC2)CC1. The molecule has 0 unspecified atom stereocenters. The number of carbonyl (C=O) groups excluding carboxylic acids is 1. The summed E-state index contributed by atoms with van der Waals surface area (Å²) in [5.74, 6) is 1.43. The van der Waals surface area contributed by atoms with Crippen molar-refractivity contribution in [3.63, 3.8) is 0 Å². The molecule has 3 N–H and O–H groups in total. The van der Waals surface area contributed by atoms with Gasteiger partial charge in [-0.3, -0.25) is 4.79 Å². The van der Waals surface area contributed by atoms with Gasteiger partial charge in [-0.25, -0.2) is 12.7 Å². The highest BCUT2D eigenvalue weighted by molar-refractivity contribution is 7.89. The van der Waals surface area contributed by atoms with Crippen LogP contribution in [0.25, 0.3) is 0 Å². The lowest BCUT2D eigenvalue weighted by molar-refractivity contribution is 0.0914. The highest BCUT2D eigenvalue weighted by Gasteiger charge is 2.37. The highest BCUT2D eigenvalue weighted by atomic mass is 32.2. The van der Waals surface area contributed by atoms with Crippen molar-refractivity contribution in [3.8, 4) is 0 Å². The standard InChI is InChI=1S/C19H30N4O4S/c20-12-13-1-5-16(6-2-13)28(25,26)23-9-7-15(8-10-23)21-19(24)17-11-18(27-22-17)14-3-4-14/h11,13-16H,1-10,12,20H2,(H,21,24). The van der Waals surface area contributed by atoms with E-state index in [0.717, 1.165) is 31.4 Å². The van der Waals surface area contributed by atoms with Crippen molar-refractivity contribution in [2.24, 2.45) is 11.7 Å². The number of hydrogen-bond acceptors (Lipinski definition) is 6. The lowest BCUT2D eigenvalue weighted by atomic mass is 9.89. The number of amides is 1. The van der Waals surface area contributed by atoms with Gasteiger partial charge in [0, 0.05) is 31.1 Å². The molecule has 156 valence electrons. The number of nitrogens with one attached hydrogen (secondary N) is 1. The van der Waals surface area contributed by atoms with Crippen molar-refractivity contribution >= 4 is 15.9 Å². The Hall–Kier alpha value is -1.45. The molecule has 2 saturated carbocycles. The molecule has 28 heavy (non-hydrogen) atoms. The van der Waals surface area contributed by atoms with E-state index in [1.165, 1.54) is 0 Å². The van der Waals surface area contributed by atoms with Crippen LogP contribution in [0.2, 0.25) is 0 Å². The molecule has 1 amide bonds. The molecular weight excluding hydrogens is 380 g/mol. The first-order valence-electron chi connectivity index (χ1n) is 10.4. The molecule has 4 rings (SSSR count). The molecule has 2 aliphatic carbocycles. The van der Waals surface area contributed by atoms with Crippen molar-refractivity contribution in [1.82, 2.24) is 14.8 Å². The third kappa shape index (κ3) is 4.26. The maximum absolute atomic E-state index is 12.9. The van der Waals surface area contributed by atoms with E-state index in [9.17, 15) is 13.2 Å². The van der Waals surface area contributed by atoms with Crippen molar-refractivity contribution in [1.29, 1.82) is 0 Å². The number of nitrogens with zero attached hydrogens (tertiary/aromatic N) is 2. The van der Waals surface area contributed by atoms with Crippen LogP contribution in [-0.4, -0.2) is 54.7 Å². The lowest BCUT2D eigenvalue weighted by Crippen LogP contribution is -2.49. The number of piperidine rings is 1. The molecule has 1 aromatic heterocycles. The predicted molar refractivity (Wildman–Crippen MR) is 104 cm³/mol. The summed E-state index contributed by atoms with van der Waals surface area (Å²) in [6.45, 7) is 1.55. The predicted octanol–water partition coefficient (Wildman–Crippen LogP) is 1.59. The molecule has 3 fully saturated rings. The minimum atomic E-state index is -3.27. The average molecular weight is 411 g/mol. The van der Waals surface area contributed by atoms with Gasteiger partial charge in [-0.1, -0.05) is 5.16 Å². The zero-order valence-corrected chi connectivity index (χ0v) is 17.0. The number of sulfonamides is 1. The first kappa shape index (κ1) is 19.8. The Labute approximate surface area is 166 Å². The molecule has 0 atom stereocenters. The second-order valence-electron chi connectivity index (χ2n) is 8.46. The van der Waals surface area contributed by atoms with E-state index in [2.05, 4.69) is 10.5 Å². The average Bonchev–Trinajstić information content (AvgIpc) is 3.45. The van der Waals surface area contributed by atoms with Crippen LogP contribution in [0.5, 0.6) is 0 Å². The Kier molecular flexibility index (Phi) is 5.76. The Bertz CT molecular complexity index is 789. The number of carbonyl (C=O) groups is 1. The van der Waals surface area contributed by atoms with E-state index in [1.54, 1.807) is 10.4 Å². The minimum absolute atomic E-state index is 0.0343. The summed E-state index contributed by atoms with van der Waals surface area (Å²) in [5, 5.41) is 6.56. The van der Waals surface area contributed by atoms with Crippen molar-refractivity contribution in [3.05, 3.63) is 17.5 Å². The van der Waals surface area contributed by atoms with Crippen LogP contribution in [0.3, 0.4) is 0 Å². The largest absolute Gasteiger partial charge is 0.360 e. The van der Waals surface area contributed by atoms with Gasteiger partial charge in [0.15, 0.2) is 5.69 Å². The summed E-state index contributed by atoms with van der Waals surface area (Å²) >= 11 is 0. The van der Waals surface area contributed by atoms with Crippen LogP contribution in [0, 0.1) is 5.92 Å². The third-order valence-corrected chi connectivity index (χ3v) is 8.84. The fraction of sp³-hybridized carbons (Fsp3) is 0.789. The normalized spacial score (nSPS) is 27.6. The van der Waals surface area contributed by atoms with E-state index < -0.39 is 10.0 Å². The minimum Gasteiger partial charge on any atom is -0.360 e. The molecule has 9 heteroatoms. The Morgan fingerprint density at radius 1 is 1.14 bits per heavy atom. The molecule has 2 heterocycles. The number of nitrogens with two attached hydrogens (primary N) is 1. The van der Waals surface area contributed by atoms with E-state index in [4.69, 9.17) is 10.3 Å². The van der Waals surface area contributed by atoms with Crippen LogP contribution in [0.4, 0.5) is 0 Å². The second kappa shape index (κ2) is 8.12. The van der Waals surface area contributed by atoms with E-state index in [-0.39, 0.29) is 17.2 Å². The van der Waals surface area contributed by atoms with Gasteiger partial charge in [0.2, 0.25) is 10.0 Å². The number of aromatic nitrogens is 1. The molecule has 3 aliphatic rings. The molecule has 1 aromatic rings. The van der Waals surface area contributed by atoms with E-state index >= 15 is 0 Å². The first-order valence-corrected chi connectivity index (χ1v) is 11.9. The Morgan fingerprint density at radius 3 is 2.43 bits per heavy atom. The number of hydrogen-bond donors (Lipinski definition) is 2. The van der Waals surface area contributed by atoms with Gasteiger partial charge < -0.3 is 15.6 Å². The monoisotopic (exact) mass is 410 g/mol. The smallest absolute Gasteiger partial charge is 0.273 e. The van der Waals surface area contributed by atoms with E-state index in [1.807, 2.05) is 0 Å². The van der Waals surface area contributed by atoms with Crippen LogP contribution < -0.4 is 11.1 Å². The summed E-state index contributed by atoms with van der Waals surface area (Å²) in [6.07, 6.45) is 6.63. The van der Waals surface area contributed by atoms with Gasteiger partial charge in [0.25, 0.3) is 5.91 Å². The van der Waals surface area contributed by atoms with Crippen molar-refractivity contribution in [2.45, 2.75) is 68.6 Å². The van der Waals surface area contributed by atoms with Gasteiger partial charge in [0.05, 0.1) is 5.25 Å². The first-order chi connectivity index (χ1) is 13.5. The summed E-state index contributed by atoms with van der Waals surface area (Å²) in [7, 11) is -3.27. The maximum atomic E-state index is 12.9. The van der Waals surface area contributed by atoms with Gasteiger partial charge in [-0.05, 0) is 63.8 Å². The van der Waals surface area contributed by atoms with Gasteiger partial charge in [0.1, 0.15) is 5.76 Å². The molecule has 0 radical (unpaired) electrons. The fourth-order valence-electron chi connectivity index (χ4n) is 4.35. The topological polar surface area (TPSA) is 119 Å². The zero-order valence-electron chi connectivity index (χ0n) is 16.2. The van der Waals surface area contributed by atoms with Gasteiger partial charge >= 0.3 is 0 Å². The second-order valence-corrected chi connectivity index (χ2v) is 10.7. The molecular formula is C19H30N4O4S. The summed E-state index contributed by atoms with van der Waals surface area (Å²) in [6, 6.07) is 1.69. The van der Waals surface area contributed by atoms with Crippen LogP contribution in [0.15, 0.2) is 10.6 Å². The van der Waals surface area contributed by atoms with Crippen LogP contribution in [-0.2, 0) is 10.0 Å². The Balaban J connectivity index is 1.27. The molecule has 0 bridgehead atoms. The third-order valence-electron chi connectivity index (χ3n) is 6.44. The maximum Gasteiger partial charge on any atom is 0.273 e. The molecule has 0 spiro atoms. The molecule has 0 aromatic carbocycles. The van der Waals surface area contributed by atoms with Crippen LogP contribution >= 0.6 is 0 Å². The van der Waals surface area contributed by atoms with Crippen molar-refractivity contribution in [2.75, 3.05) is 19.6 Å². The van der Waals surface area contributed by atoms with Gasteiger partial charge in [-0.2, -0.15) is 0 Å². The highest BCUT2D eigenvalue weighted by Crippen LogP contribution is 2.40. The lowest BCUT2D eigenvalue weighted by Gasteiger charge is -2.36. The molecule has 1 saturated heterocycles. The van der Waals surface area contributed by atoms with Crippen molar-refractivity contribution < 1.29 is 17.7 Å². The zero-order chi connectivity index (χ0) is 19.7.